The van der Waals surface area contributed by atoms with Crippen LogP contribution in [-0.4, -0.2) is 32.1 Å². The summed E-state index contributed by atoms with van der Waals surface area (Å²) in [6.07, 6.45) is 2.22. The van der Waals surface area contributed by atoms with E-state index in [2.05, 4.69) is 14.8 Å². The summed E-state index contributed by atoms with van der Waals surface area (Å²) in [6.45, 7) is 3.34. The van der Waals surface area contributed by atoms with Gasteiger partial charge in [0.05, 0.1) is 19.0 Å². The fraction of sp³-hybridized carbons (Fsp3) is 0.318. The van der Waals surface area contributed by atoms with Crippen LogP contribution in [0.25, 0.3) is 0 Å². The van der Waals surface area contributed by atoms with Crippen molar-refractivity contribution in [1.29, 1.82) is 0 Å². The molecule has 2 heterocycles. The first-order chi connectivity index (χ1) is 14.0. The minimum atomic E-state index is -0.0525. The van der Waals surface area contributed by atoms with Gasteiger partial charge in [-0.25, -0.2) is 0 Å². The summed E-state index contributed by atoms with van der Waals surface area (Å²) in [5.41, 5.74) is 2.08. The average molecular weight is 429 g/mol. The van der Waals surface area contributed by atoms with Crippen LogP contribution in [0.4, 0.5) is 0 Å². The maximum atomic E-state index is 13.0. The lowest BCUT2D eigenvalue weighted by molar-refractivity contribution is -0.131. The van der Waals surface area contributed by atoms with Gasteiger partial charge in [-0.2, -0.15) is 0 Å². The SMILES string of the molecule is Cc1nnc(C2CCCN2C(=O)Cc2ccc(Cl)cc2)n1Cc1ccc(Cl)cc1. The lowest BCUT2D eigenvalue weighted by Crippen LogP contribution is -2.33. The summed E-state index contributed by atoms with van der Waals surface area (Å²) in [4.78, 5) is 15.0. The average Bonchev–Trinajstić information content (AvgIpc) is 3.33. The van der Waals surface area contributed by atoms with Gasteiger partial charge in [-0.3, -0.25) is 4.79 Å². The van der Waals surface area contributed by atoms with Crippen LogP contribution in [0.5, 0.6) is 0 Å². The van der Waals surface area contributed by atoms with Crippen molar-refractivity contribution in [3.63, 3.8) is 0 Å². The minimum absolute atomic E-state index is 0.0525. The van der Waals surface area contributed by atoms with E-state index in [4.69, 9.17) is 23.2 Å². The Morgan fingerprint density at radius 3 is 2.28 bits per heavy atom. The summed E-state index contributed by atoms with van der Waals surface area (Å²) in [5.74, 6) is 1.79. The van der Waals surface area contributed by atoms with Crippen LogP contribution in [0.2, 0.25) is 10.0 Å². The molecule has 1 amide bonds. The predicted molar refractivity (Wildman–Crippen MR) is 114 cm³/mol. The Bertz CT molecular complexity index is 999. The molecule has 0 N–H and O–H groups in total. The van der Waals surface area contributed by atoms with E-state index in [1.165, 1.54) is 0 Å². The van der Waals surface area contributed by atoms with E-state index in [-0.39, 0.29) is 11.9 Å². The highest BCUT2D eigenvalue weighted by atomic mass is 35.5. The van der Waals surface area contributed by atoms with E-state index >= 15 is 0 Å². The van der Waals surface area contributed by atoms with Crippen molar-refractivity contribution in [1.82, 2.24) is 19.7 Å². The number of aryl methyl sites for hydroxylation is 1. The van der Waals surface area contributed by atoms with E-state index in [1.807, 2.05) is 60.4 Å². The van der Waals surface area contributed by atoms with Crippen LogP contribution in [0, 0.1) is 6.92 Å². The molecule has 29 heavy (non-hydrogen) atoms. The van der Waals surface area contributed by atoms with Crippen molar-refractivity contribution in [2.24, 2.45) is 0 Å². The minimum Gasteiger partial charge on any atom is -0.332 e. The molecule has 5 nitrogen and oxygen atoms in total. The molecule has 1 aliphatic rings. The van der Waals surface area contributed by atoms with Gasteiger partial charge in [0.2, 0.25) is 5.91 Å². The third kappa shape index (κ3) is 4.46. The molecule has 1 atom stereocenters. The van der Waals surface area contributed by atoms with E-state index in [0.717, 1.165) is 42.2 Å². The number of carbonyl (C=O) groups excluding carboxylic acids is 1. The number of halogens is 2. The summed E-state index contributed by atoms with van der Waals surface area (Å²) >= 11 is 12.0. The Morgan fingerprint density at radius 1 is 1.00 bits per heavy atom. The number of likely N-dealkylation sites (tertiary alicyclic amines) is 1. The zero-order chi connectivity index (χ0) is 20.4. The predicted octanol–water partition coefficient (Wildman–Crippen LogP) is 4.85. The standard InChI is InChI=1S/C22H22Cl2N4O/c1-15-25-26-22(28(15)14-17-6-10-19(24)11-7-17)20-3-2-12-27(20)21(29)13-16-4-8-18(23)9-5-16/h4-11,20H,2-3,12-14H2,1H3. The molecule has 0 radical (unpaired) electrons. The van der Waals surface area contributed by atoms with Gasteiger partial charge in [-0.15, -0.1) is 10.2 Å². The first-order valence-corrected chi connectivity index (χ1v) is 10.4. The van der Waals surface area contributed by atoms with Crippen molar-refractivity contribution in [3.8, 4) is 0 Å². The zero-order valence-corrected chi connectivity index (χ0v) is 17.7. The molecule has 0 aliphatic carbocycles. The Labute approximate surface area is 180 Å². The van der Waals surface area contributed by atoms with Crippen LogP contribution in [0.1, 0.15) is 41.7 Å². The van der Waals surface area contributed by atoms with E-state index in [9.17, 15) is 4.79 Å². The molecule has 1 fully saturated rings. The van der Waals surface area contributed by atoms with Crippen molar-refractivity contribution in [2.75, 3.05) is 6.54 Å². The maximum Gasteiger partial charge on any atom is 0.227 e. The Kier molecular flexibility index (Phi) is 5.88. The van der Waals surface area contributed by atoms with Crippen molar-refractivity contribution in [2.45, 2.75) is 38.8 Å². The first kappa shape index (κ1) is 19.9. The molecule has 4 rings (SSSR count). The highest BCUT2D eigenvalue weighted by Gasteiger charge is 2.33. The molecule has 1 saturated heterocycles. The van der Waals surface area contributed by atoms with Crippen molar-refractivity contribution >= 4 is 29.1 Å². The normalized spacial score (nSPS) is 16.4. The number of aromatic nitrogens is 3. The smallest absolute Gasteiger partial charge is 0.227 e. The summed E-state index contributed by atoms with van der Waals surface area (Å²) in [6, 6.07) is 15.2. The molecule has 1 aromatic heterocycles. The van der Waals surface area contributed by atoms with Crippen LogP contribution < -0.4 is 0 Å². The van der Waals surface area contributed by atoms with E-state index < -0.39 is 0 Å². The quantitative estimate of drug-likeness (QED) is 0.583. The third-order valence-corrected chi connectivity index (χ3v) is 5.86. The fourth-order valence-corrected chi connectivity index (χ4v) is 4.08. The second-order valence-corrected chi connectivity index (χ2v) is 8.24. The number of nitrogens with zero attached hydrogens (tertiary/aromatic N) is 4. The fourth-order valence-electron chi connectivity index (χ4n) is 3.82. The Hall–Kier alpha value is -2.37. The number of hydrogen-bond donors (Lipinski definition) is 0. The molecule has 0 spiro atoms. The van der Waals surface area contributed by atoms with Crippen LogP contribution >= 0.6 is 23.2 Å². The molecule has 0 bridgehead atoms. The maximum absolute atomic E-state index is 13.0. The largest absolute Gasteiger partial charge is 0.332 e. The van der Waals surface area contributed by atoms with Gasteiger partial charge in [0, 0.05) is 16.6 Å². The topological polar surface area (TPSA) is 51.0 Å². The van der Waals surface area contributed by atoms with Gasteiger partial charge >= 0.3 is 0 Å². The molecular weight excluding hydrogens is 407 g/mol. The van der Waals surface area contributed by atoms with Gasteiger partial charge < -0.3 is 9.47 Å². The molecule has 150 valence electrons. The summed E-state index contributed by atoms with van der Waals surface area (Å²) in [7, 11) is 0. The van der Waals surface area contributed by atoms with Gasteiger partial charge in [0.1, 0.15) is 5.82 Å². The second-order valence-electron chi connectivity index (χ2n) is 7.37. The number of hydrogen-bond acceptors (Lipinski definition) is 3. The Morgan fingerprint density at radius 2 is 1.62 bits per heavy atom. The molecule has 2 aromatic carbocycles. The van der Waals surface area contributed by atoms with Crippen molar-refractivity contribution < 1.29 is 4.79 Å². The summed E-state index contributed by atoms with van der Waals surface area (Å²) in [5, 5.41) is 10.1. The highest BCUT2D eigenvalue weighted by molar-refractivity contribution is 6.30. The molecule has 1 unspecified atom stereocenters. The lowest BCUT2D eigenvalue weighted by Gasteiger charge is -2.25. The molecular formula is C22H22Cl2N4O. The van der Waals surface area contributed by atoms with Gasteiger partial charge in [0.25, 0.3) is 0 Å². The molecule has 7 heteroatoms. The Balaban J connectivity index is 1.55. The highest BCUT2D eigenvalue weighted by Crippen LogP contribution is 2.32. The van der Waals surface area contributed by atoms with Crippen LogP contribution in [-0.2, 0) is 17.8 Å². The summed E-state index contributed by atoms with van der Waals surface area (Å²) < 4.78 is 2.10. The number of benzene rings is 2. The number of carbonyl (C=O) groups is 1. The molecule has 1 aliphatic heterocycles. The van der Waals surface area contributed by atoms with Gasteiger partial charge in [-0.1, -0.05) is 47.5 Å². The third-order valence-electron chi connectivity index (χ3n) is 5.36. The van der Waals surface area contributed by atoms with Gasteiger partial charge in [0.15, 0.2) is 5.82 Å². The van der Waals surface area contributed by atoms with E-state index in [0.29, 0.717) is 23.0 Å². The van der Waals surface area contributed by atoms with E-state index in [1.54, 1.807) is 0 Å². The van der Waals surface area contributed by atoms with Crippen LogP contribution in [0.3, 0.4) is 0 Å². The number of amides is 1. The van der Waals surface area contributed by atoms with Gasteiger partial charge in [-0.05, 0) is 55.2 Å². The molecule has 3 aromatic rings. The van der Waals surface area contributed by atoms with Crippen molar-refractivity contribution in [3.05, 3.63) is 81.4 Å². The molecule has 0 saturated carbocycles. The lowest BCUT2D eigenvalue weighted by atomic mass is 10.1. The second kappa shape index (κ2) is 8.56. The van der Waals surface area contributed by atoms with Crippen LogP contribution in [0.15, 0.2) is 48.5 Å². The monoisotopic (exact) mass is 428 g/mol. The zero-order valence-electron chi connectivity index (χ0n) is 16.2. The number of rotatable bonds is 5. The first-order valence-electron chi connectivity index (χ1n) is 9.69.